The predicted molar refractivity (Wildman–Crippen MR) is 97.9 cm³/mol. The number of nitrogens with zero attached hydrogens (tertiary/aromatic N) is 4. The highest BCUT2D eigenvalue weighted by molar-refractivity contribution is 5.80. The van der Waals surface area contributed by atoms with Crippen LogP contribution in [-0.2, 0) is 9.59 Å². The SMILES string of the molecule is CCCCC[C@@H](CN(O)C=O)C(=O)NNc1nc(=O)n2cccc(C)c2n1. The first kappa shape index (κ1) is 20.3. The zero-order chi connectivity index (χ0) is 19.8. The first-order chi connectivity index (χ1) is 13.0. The molecule has 0 aliphatic carbocycles. The van der Waals surface area contributed by atoms with Crippen molar-refractivity contribution in [3.05, 3.63) is 34.4 Å². The Balaban J connectivity index is 2.09. The van der Waals surface area contributed by atoms with Gasteiger partial charge < -0.3 is 0 Å². The molecule has 0 aliphatic heterocycles. The van der Waals surface area contributed by atoms with Crippen LogP contribution in [0.5, 0.6) is 0 Å². The van der Waals surface area contributed by atoms with Crippen molar-refractivity contribution in [3.8, 4) is 0 Å². The van der Waals surface area contributed by atoms with Crippen molar-refractivity contribution in [1.29, 1.82) is 0 Å². The van der Waals surface area contributed by atoms with Crippen LogP contribution in [0.25, 0.3) is 5.65 Å². The Morgan fingerprint density at radius 1 is 1.41 bits per heavy atom. The number of unbranched alkanes of at least 4 members (excludes halogenated alkanes) is 2. The Bertz CT molecular complexity index is 853. The molecule has 0 saturated carbocycles. The molecule has 0 bridgehead atoms. The summed E-state index contributed by atoms with van der Waals surface area (Å²) in [5, 5.41) is 9.84. The summed E-state index contributed by atoms with van der Waals surface area (Å²) in [6, 6.07) is 3.53. The molecule has 0 radical (unpaired) electrons. The minimum Gasteiger partial charge on any atom is -0.286 e. The second kappa shape index (κ2) is 9.62. The number of amides is 2. The molecule has 0 fully saturated rings. The number of aryl methyl sites for hydroxylation is 1. The van der Waals surface area contributed by atoms with Crippen LogP contribution < -0.4 is 16.5 Å². The Kier molecular flexibility index (Phi) is 7.24. The number of fused-ring (bicyclic) bond motifs is 1. The smallest absolute Gasteiger partial charge is 0.286 e. The number of carbonyl (C=O) groups excluding carboxylic acids is 2. The molecule has 0 spiro atoms. The van der Waals surface area contributed by atoms with E-state index in [0.717, 1.165) is 24.8 Å². The largest absolute Gasteiger partial charge is 0.356 e. The lowest BCUT2D eigenvalue weighted by Gasteiger charge is -2.19. The molecule has 10 nitrogen and oxygen atoms in total. The highest BCUT2D eigenvalue weighted by atomic mass is 16.5. The summed E-state index contributed by atoms with van der Waals surface area (Å²) in [6.07, 6.45) is 5.03. The second-order valence-corrected chi connectivity index (χ2v) is 6.25. The minimum absolute atomic E-state index is 0.0359. The van der Waals surface area contributed by atoms with Gasteiger partial charge in [-0.15, -0.1) is 0 Å². The molecule has 2 heterocycles. The number of anilines is 1. The van der Waals surface area contributed by atoms with Crippen LogP contribution in [0.1, 0.15) is 38.2 Å². The van der Waals surface area contributed by atoms with Crippen LogP contribution >= 0.6 is 0 Å². The van der Waals surface area contributed by atoms with E-state index < -0.39 is 17.5 Å². The predicted octanol–water partition coefficient (Wildman–Crippen LogP) is 0.885. The average molecular weight is 376 g/mol. The minimum atomic E-state index is -0.609. The van der Waals surface area contributed by atoms with Gasteiger partial charge in [-0.1, -0.05) is 32.3 Å². The van der Waals surface area contributed by atoms with E-state index in [4.69, 9.17) is 0 Å². The summed E-state index contributed by atoms with van der Waals surface area (Å²) in [7, 11) is 0. The van der Waals surface area contributed by atoms with Gasteiger partial charge in [0.15, 0.2) is 0 Å². The number of hydrazine groups is 1. The molecule has 146 valence electrons. The highest BCUT2D eigenvalue weighted by Crippen LogP contribution is 2.12. The molecule has 0 aromatic carbocycles. The molecule has 0 unspecified atom stereocenters. The van der Waals surface area contributed by atoms with Crippen molar-refractivity contribution in [3.63, 3.8) is 0 Å². The van der Waals surface area contributed by atoms with E-state index in [2.05, 4.69) is 20.8 Å². The van der Waals surface area contributed by atoms with Gasteiger partial charge in [-0.25, -0.2) is 9.86 Å². The fraction of sp³-hybridized carbons (Fsp3) is 0.471. The Morgan fingerprint density at radius 2 is 2.19 bits per heavy atom. The zero-order valence-corrected chi connectivity index (χ0v) is 15.4. The van der Waals surface area contributed by atoms with Crippen molar-refractivity contribution in [2.75, 3.05) is 12.0 Å². The number of hydroxylamine groups is 2. The number of rotatable bonds is 10. The average Bonchev–Trinajstić information content (AvgIpc) is 2.66. The fourth-order valence-electron chi connectivity index (χ4n) is 2.67. The number of nitrogens with one attached hydrogen (secondary N) is 2. The Hall–Kier alpha value is -3.01. The quantitative estimate of drug-likeness (QED) is 0.243. The fourth-order valence-corrected chi connectivity index (χ4v) is 2.67. The molecule has 27 heavy (non-hydrogen) atoms. The van der Waals surface area contributed by atoms with Crippen LogP contribution in [0.2, 0.25) is 0 Å². The van der Waals surface area contributed by atoms with Crippen LogP contribution in [-0.4, -0.2) is 43.5 Å². The summed E-state index contributed by atoms with van der Waals surface area (Å²) in [6.45, 7) is 3.72. The molecular weight excluding hydrogens is 352 g/mol. The van der Waals surface area contributed by atoms with E-state index in [1.54, 1.807) is 12.3 Å². The van der Waals surface area contributed by atoms with Gasteiger partial charge in [-0.05, 0) is 25.0 Å². The second-order valence-electron chi connectivity index (χ2n) is 6.25. The van der Waals surface area contributed by atoms with Crippen molar-refractivity contribution in [1.82, 2.24) is 24.9 Å². The number of hydrogen-bond acceptors (Lipinski definition) is 7. The highest BCUT2D eigenvalue weighted by Gasteiger charge is 2.21. The van der Waals surface area contributed by atoms with Gasteiger partial charge in [-0.2, -0.15) is 9.97 Å². The molecule has 2 aromatic rings. The lowest BCUT2D eigenvalue weighted by Crippen LogP contribution is -2.41. The third-order valence-corrected chi connectivity index (χ3v) is 4.14. The Morgan fingerprint density at radius 3 is 2.89 bits per heavy atom. The zero-order valence-electron chi connectivity index (χ0n) is 15.4. The van der Waals surface area contributed by atoms with Gasteiger partial charge in [0, 0.05) is 6.20 Å². The third kappa shape index (κ3) is 5.48. The third-order valence-electron chi connectivity index (χ3n) is 4.14. The number of pyridine rings is 1. The maximum absolute atomic E-state index is 12.4. The number of carbonyl (C=O) groups is 2. The maximum Gasteiger partial charge on any atom is 0.356 e. The van der Waals surface area contributed by atoms with E-state index in [1.165, 1.54) is 4.40 Å². The number of hydrogen-bond donors (Lipinski definition) is 3. The Labute approximate surface area is 156 Å². The van der Waals surface area contributed by atoms with Crippen LogP contribution in [0.3, 0.4) is 0 Å². The molecular formula is C17H24N6O4. The van der Waals surface area contributed by atoms with Gasteiger partial charge in [0.2, 0.25) is 18.3 Å². The van der Waals surface area contributed by atoms with Crippen molar-refractivity contribution in [2.24, 2.45) is 5.92 Å². The van der Waals surface area contributed by atoms with Crippen LogP contribution in [0.15, 0.2) is 23.1 Å². The van der Waals surface area contributed by atoms with Crippen molar-refractivity contribution >= 4 is 23.9 Å². The van der Waals surface area contributed by atoms with Crippen LogP contribution in [0, 0.1) is 12.8 Å². The summed E-state index contributed by atoms with van der Waals surface area (Å²) < 4.78 is 1.31. The van der Waals surface area contributed by atoms with Gasteiger partial charge in [-0.3, -0.25) is 30.0 Å². The van der Waals surface area contributed by atoms with Gasteiger partial charge >= 0.3 is 5.69 Å². The van der Waals surface area contributed by atoms with Crippen molar-refractivity contribution in [2.45, 2.75) is 39.5 Å². The molecule has 0 saturated heterocycles. The first-order valence-electron chi connectivity index (χ1n) is 8.79. The van der Waals surface area contributed by atoms with E-state index in [1.807, 2.05) is 19.9 Å². The molecule has 1 atom stereocenters. The summed E-state index contributed by atoms with van der Waals surface area (Å²) in [5.41, 5.74) is 5.68. The molecule has 10 heteroatoms. The summed E-state index contributed by atoms with van der Waals surface area (Å²) in [4.78, 5) is 43.1. The molecule has 2 amide bonds. The molecule has 0 aliphatic rings. The molecule has 2 rings (SSSR count). The summed E-state index contributed by atoms with van der Waals surface area (Å²) in [5.74, 6) is -1.07. The molecule has 2 aromatic heterocycles. The maximum atomic E-state index is 12.4. The van der Waals surface area contributed by atoms with E-state index in [-0.39, 0.29) is 18.9 Å². The normalized spacial score (nSPS) is 11.8. The topological polar surface area (TPSA) is 129 Å². The van der Waals surface area contributed by atoms with Gasteiger partial charge in [0.1, 0.15) is 5.65 Å². The summed E-state index contributed by atoms with van der Waals surface area (Å²) >= 11 is 0. The van der Waals surface area contributed by atoms with Crippen LogP contribution in [0.4, 0.5) is 5.95 Å². The molecule has 3 N–H and O–H groups in total. The number of aromatic nitrogens is 3. The van der Waals surface area contributed by atoms with Crippen molar-refractivity contribution < 1.29 is 14.8 Å². The lowest BCUT2D eigenvalue weighted by molar-refractivity contribution is -0.154. The standard InChI is InChI=1S/C17H24N6O4/c1-3-4-5-8-13(10-22(27)11-24)15(25)20-21-16-18-14-12(2)7-6-9-23(14)17(26)19-16/h6-7,9,11,13,27H,3-5,8,10H2,1-2H3,(H,20,25)(H,19,21,26)/t13-/m0/s1. The van der Waals surface area contributed by atoms with Gasteiger partial charge in [0.25, 0.3) is 0 Å². The lowest BCUT2D eigenvalue weighted by atomic mass is 10.0. The van der Waals surface area contributed by atoms with Gasteiger partial charge in [0.05, 0.1) is 12.5 Å². The van der Waals surface area contributed by atoms with E-state index in [9.17, 15) is 19.6 Å². The monoisotopic (exact) mass is 376 g/mol. The van der Waals surface area contributed by atoms with E-state index in [0.29, 0.717) is 17.1 Å². The first-order valence-corrected chi connectivity index (χ1v) is 8.79. The van der Waals surface area contributed by atoms with E-state index >= 15 is 0 Å².